The summed E-state index contributed by atoms with van der Waals surface area (Å²) < 4.78 is 6.61. The predicted octanol–water partition coefficient (Wildman–Crippen LogP) is 5.01. The van der Waals surface area contributed by atoms with Crippen LogP contribution in [0.1, 0.15) is 11.1 Å². The van der Waals surface area contributed by atoms with Crippen LogP contribution in [0, 0.1) is 11.3 Å². The molecule has 0 atom stereocenters. The van der Waals surface area contributed by atoms with Gasteiger partial charge >= 0.3 is 0 Å². The number of alkyl halides is 1. The smallest absolute Gasteiger partial charge is 0.145 e. The van der Waals surface area contributed by atoms with Crippen molar-refractivity contribution in [1.29, 1.82) is 5.26 Å². The Hall–Kier alpha value is -1.31. The van der Waals surface area contributed by atoms with E-state index in [1.54, 1.807) is 12.1 Å². The summed E-state index contributed by atoms with van der Waals surface area (Å²) >= 11 is 6.86. The molecule has 0 saturated heterocycles. The van der Waals surface area contributed by atoms with Crippen molar-refractivity contribution in [3.05, 3.63) is 58.1 Å². The molecular weight excluding hydrogens is 358 g/mol. The van der Waals surface area contributed by atoms with E-state index in [2.05, 4.69) is 37.9 Å². The zero-order valence-electron chi connectivity index (χ0n) is 9.36. The van der Waals surface area contributed by atoms with E-state index < -0.39 is 0 Å². The third kappa shape index (κ3) is 2.92. The highest BCUT2D eigenvalue weighted by Crippen LogP contribution is 2.32. The van der Waals surface area contributed by atoms with Crippen LogP contribution in [-0.2, 0) is 5.33 Å². The van der Waals surface area contributed by atoms with E-state index in [4.69, 9.17) is 10.00 Å². The number of nitriles is 1. The maximum absolute atomic E-state index is 9.00. The SMILES string of the molecule is N#Cc1ccccc1Oc1ccc(CBr)cc1Br. The number of nitrogens with zero attached hydrogens (tertiary/aromatic N) is 1. The molecule has 0 amide bonds. The molecule has 0 saturated carbocycles. The molecular formula is C14H9Br2NO. The molecule has 0 N–H and O–H groups in total. The van der Waals surface area contributed by atoms with Crippen LogP contribution in [0.25, 0.3) is 0 Å². The van der Waals surface area contributed by atoms with Gasteiger partial charge in [0.15, 0.2) is 0 Å². The van der Waals surface area contributed by atoms with Crippen LogP contribution < -0.4 is 4.74 Å². The topological polar surface area (TPSA) is 33.0 Å². The number of ether oxygens (including phenoxy) is 1. The van der Waals surface area contributed by atoms with Gasteiger partial charge in [-0.2, -0.15) is 5.26 Å². The van der Waals surface area contributed by atoms with Crippen LogP contribution in [0.5, 0.6) is 11.5 Å². The molecule has 0 unspecified atom stereocenters. The number of hydrogen-bond donors (Lipinski definition) is 0. The van der Waals surface area contributed by atoms with Gasteiger partial charge in [-0.05, 0) is 45.8 Å². The van der Waals surface area contributed by atoms with Gasteiger partial charge in [0.1, 0.15) is 17.6 Å². The summed E-state index contributed by atoms with van der Waals surface area (Å²) in [5.74, 6) is 1.26. The van der Waals surface area contributed by atoms with Gasteiger partial charge in [-0.1, -0.05) is 34.1 Å². The maximum Gasteiger partial charge on any atom is 0.145 e. The molecule has 2 nitrogen and oxygen atoms in total. The molecule has 0 aromatic heterocycles. The summed E-state index contributed by atoms with van der Waals surface area (Å²) in [6.07, 6.45) is 0. The monoisotopic (exact) mass is 365 g/mol. The van der Waals surface area contributed by atoms with Gasteiger partial charge in [0, 0.05) is 5.33 Å². The summed E-state index contributed by atoms with van der Waals surface area (Å²) in [4.78, 5) is 0. The van der Waals surface area contributed by atoms with Crippen LogP contribution in [0.2, 0.25) is 0 Å². The van der Waals surface area contributed by atoms with Crippen molar-refractivity contribution in [2.45, 2.75) is 5.33 Å². The van der Waals surface area contributed by atoms with E-state index in [0.29, 0.717) is 17.1 Å². The van der Waals surface area contributed by atoms with Crippen molar-refractivity contribution < 1.29 is 4.74 Å². The van der Waals surface area contributed by atoms with Crippen LogP contribution >= 0.6 is 31.9 Å². The fourth-order valence-electron chi connectivity index (χ4n) is 1.48. The molecule has 0 radical (unpaired) electrons. The van der Waals surface area contributed by atoms with E-state index in [1.165, 1.54) is 0 Å². The molecule has 0 bridgehead atoms. The molecule has 2 aromatic rings. The zero-order valence-corrected chi connectivity index (χ0v) is 12.5. The van der Waals surface area contributed by atoms with Gasteiger partial charge in [-0.25, -0.2) is 0 Å². The molecule has 0 aliphatic heterocycles. The Balaban J connectivity index is 2.32. The van der Waals surface area contributed by atoms with Crippen molar-refractivity contribution in [1.82, 2.24) is 0 Å². The molecule has 2 aromatic carbocycles. The molecule has 90 valence electrons. The van der Waals surface area contributed by atoms with Crippen molar-refractivity contribution in [2.75, 3.05) is 0 Å². The third-order valence-corrected chi connectivity index (χ3v) is 3.65. The highest BCUT2D eigenvalue weighted by Gasteiger charge is 2.07. The quantitative estimate of drug-likeness (QED) is 0.715. The summed E-state index contributed by atoms with van der Waals surface area (Å²) in [6, 6.07) is 15.1. The van der Waals surface area contributed by atoms with Crippen molar-refractivity contribution >= 4 is 31.9 Å². The van der Waals surface area contributed by atoms with Gasteiger partial charge in [0.2, 0.25) is 0 Å². The number of para-hydroxylation sites is 1. The van der Waals surface area contributed by atoms with Gasteiger partial charge in [-0.3, -0.25) is 0 Å². The first kappa shape index (κ1) is 13.1. The second-order valence-corrected chi connectivity index (χ2v) is 5.02. The Morgan fingerprint density at radius 2 is 1.89 bits per heavy atom. The zero-order chi connectivity index (χ0) is 13.0. The molecule has 0 spiro atoms. The second-order valence-electron chi connectivity index (χ2n) is 3.61. The Morgan fingerprint density at radius 3 is 2.56 bits per heavy atom. The normalized spacial score (nSPS) is 9.83. The lowest BCUT2D eigenvalue weighted by Gasteiger charge is -2.09. The lowest BCUT2D eigenvalue weighted by Crippen LogP contribution is -1.89. The van der Waals surface area contributed by atoms with E-state index in [0.717, 1.165) is 15.4 Å². The van der Waals surface area contributed by atoms with Crippen LogP contribution in [-0.4, -0.2) is 0 Å². The van der Waals surface area contributed by atoms with Gasteiger partial charge < -0.3 is 4.74 Å². The Morgan fingerprint density at radius 1 is 1.11 bits per heavy atom. The molecule has 0 aliphatic carbocycles. The van der Waals surface area contributed by atoms with Gasteiger partial charge in [-0.15, -0.1) is 0 Å². The minimum Gasteiger partial charge on any atom is -0.455 e. The number of rotatable bonds is 3. The molecule has 0 heterocycles. The van der Waals surface area contributed by atoms with Crippen molar-refractivity contribution in [3.63, 3.8) is 0 Å². The fourth-order valence-corrected chi connectivity index (χ4v) is 2.33. The maximum atomic E-state index is 9.00. The van der Waals surface area contributed by atoms with Crippen LogP contribution in [0.15, 0.2) is 46.9 Å². The Labute approximate surface area is 122 Å². The van der Waals surface area contributed by atoms with Crippen molar-refractivity contribution in [2.24, 2.45) is 0 Å². The summed E-state index contributed by atoms with van der Waals surface area (Å²) in [6.45, 7) is 0. The minimum absolute atomic E-state index is 0.522. The average molecular weight is 367 g/mol. The number of benzene rings is 2. The first-order valence-corrected chi connectivity index (χ1v) is 7.17. The first-order chi connectivity index (χ1) is 8.74. The van der Waals surface area contributed by atoms with Crippen LogP contribution in [0.4, 0.5) is 0 Å². The first-order valence-electron chi connectivity index (χ1n) is 5.26. The number of hydrogen-bond acceptors (Lipinski definition) is 2. The van der Waals surface area contributed by atoms with E-state index in [-0.39, 0.29) is 0 Å². The lowest BCUT2D eigenvalue weighted by molar-refractivity contribution is 0.478. The molecule has 2 rings (SSSR count). The van der Waals surface area contributed by atoms with Crippen LogP contribution in [0.3, 0.4) is 0 Å². The molecule has 18 heavy (non-hydrogen) atoms. The van der Waals surface area contributed by atoms with E-state index in [1.807, 2.05) is 30.3 Å². The molecule has 0 aliphatic rings. The standard InChI is InChI=1S/C14H9Br2NO/c15-8-10-5-6-14(12(16)7-10)18-13-4-2-1-3-11(13)9-17/h1-7H,8H2. The Kier molecular flexibility index (Phi) is 4.40. The largest absolute Gasteiger partial charge is 0.455 e. The lowest BCUT2D eigenvalue weighted by atomic mass is 10.2. The number of halogens is 2. The highest BCUT2D eigenvalue weighted by atomic mass is 79.9. The average Bonchev–Trinajstić information content (AvgIpc) is 2.41. The van der Waals surface area contributed by atoms with Gasteiger partial charge in [0.05, 0.1) is 10.0 Å². The molecule has 0 fully saturated rings. The predicted molar refractivity (Wildman–Crippen MR) is 78.0 cm³/mol. The van der Waals surface area contributed by atoms with E-state index >= 15 is 0 Å². The minimum atomic E-state index is 0.522. The fraction of sp³-hybridized carbons (Fsp3) is 0.0714. The summed E-state index contributed by atoms with van der Waals surface area (Å²) in [5, 5.41) is 9.79. The second kappa shape index (κ2) is 6.03. The summed E-state index contributed by atoms with van der Waals surface area (Å²) in [5.41, 5.74) is 1.68. The van der Waals surface area contributed by atoms with Gasteiger partial charge in [0.25, 0.3) is 0 Å². The van der Waals surface area contributed by atoms with Crippen molar-refractivity contribution in [3.8, 4) is 17.6 Å². The molecule has 4 heteroatoms. The third-order valence-electron chi connectivity index (χ3n) is 2.38. The van der Waals surface area contributed by atoms with E-state index in [9.17, 15) is 0 Å². The summed E-state index contributed by atoms with van der Waals surface area (Å²) in [7, 11) is 0. The Bertz CT molecular complexity index is 605. The highest BCUT2D eigenvalue weighted by molar-refractivity contribution is 9.10.